The van der Waals surface area contributed by atoms with Gasteiger partial charge in [-0.25, -0.2) is 0 Å². The van der Waals surface area contributed by atoms with E-state index >= 15 is 0 Å². The second kappa shape index (κ2) is 10.2. The minimum absolute atomic E-state index is 0.450. The predicted molar refractivity (Wildman–Crippen MR) is 137 cm³/mol. The van der Waals surface area contributed by atoms with Crippen molar-refractivity contribution in [3.63, 3.8) is 0 Å². The van der Waals surface area contributed by atoms with Gasteiger partial charge in [-0.2, -0.15) is 5.26 Å². The smallest absolute Gasteiger partial charge is 0.119 e. The van der Waals surface area contributed by atoms with E-state index in [1.807, 2.05) is 11.3 Å². The summed E-state index contributed by atoms with van der Waals surface area (Å²) in [6, 6.07) is 27.9. The number of thiophene rings is 1. The normalized spacial score (nSPS) is 13.9. The zero-order valence-electron chi connectivity index (χ0n) is 18.8. The molecule has 1 aromatic heterocycles. The molecule has 0 amide bonds. The molecule has 33 heavy (non-hydrogen) atoms. The molecule has 1 aliphatic heterocycles. The highest BCUT2D eigenvalue weighted by Gasteiger charge is 2.15. The molecule has 0 atom stereocenters. The van der Waals surface area contributed by atoms with Crippen LogP contribution in [0.2, 0.25) is 0 Å². The topological polar surface area (TPSA) is 36.3 Å². The first-order valence-corrected chi connectivity index (χ1v) is 12.5. The van der Waals surface area contributed by atoms with Crippen LogP contribution in [-0.2, 0) is 12.8 Å². The third-order valence-electron chi connectivity index (χ3n) is 6.38. The first kappa shape index (κ1) is 21.7. The second-order valence-electron chi connectivity index (χ2n) is 8.66. The van der Waals surface area contributed by atoms with E-state index in [9.17, 15) is 0 Å². The number of nitrogens with zero attached hydrogens (tertiary/aromatic N) is 2. The van der Waals surface area contributed by atoms with Gasteiger partial charge in [-0.3, -0.25) is 4.90 Å². The monoisotopic (exact) mass is 452 g/mol. The van der Waals surface area contributed by atoms with Crippen LogP contribution in [0.3, 0.4) is 0 Å². The Balaban J connectivity index is 1.34. The number of nitriles is 1. The Labute approximate surface area is 199 Å². The molecule has 1 saturated heterocycles. The van der Waals surface area contributed by atoms with Crippen LogP contribution in [0.15, 0.2) is 72.8 Å². The Morgan fingerprint density at radius 2 is 1.61 bits per heavy atom. The maximum atomic E-state index is 8.97. The van der Waals surface area contributed by atoms with E-state index < -0.39 is 0 Å². The summed E-state index contributed by atoms with van der Waals surface area (Å²) < 4.78 is 7.30. The lowest BCUT2D eigenvalue weighted by atomic mass is 9.98. The Morgan fingerprint density at radius 1 is 0.879 bits per heavy atom. The molecule has 166 valence electrons. The van der Waals surface area contributed by atoms with Gasteiger partial charge < -0.3 is 4.74 Å². The highest BCUT2D eigenvalue weighted by Crippen LogP contribution is 2.40. The fraction of sp³-hybridized carbons (Fsp3) is 0.276. The summed E-state index contributed by atoms with van der Waals surface area (Å²) >= 11 is 1.85. The van der Waals surface area contributed by atoms with Crippen LogP contribution in [-0.4, -0.2) is 31.1 Å². The van der Waals surface area contributed by atoms with E-state index in [1.165, 1.54) is 57.6 Å². The minimum atomic E-state index is 0.450. The molecule has 5 rings (SSSR count). The molecule has 0 unspecified atom stereocenters. The lowest BCUT2D eigenvalue weighted by Crippen LogP contribution is -2.25. The van der Waals surface area contributed by atoms with Gasteiger partial charge in [0.1, 0.15) is 12.4 Å². The lowest BCUT2D eigenvalue weighted by Gasteiger charge is -2.15. The third-order valence-corrected chi connectivity index (χ3v) is 7.64. The van der Waals surface area contributed by atoms with Crippen molar-refractivity contribution in [2.24, 2.45) is 0 Å². The molecule has 0 spiro atoms. The van der Waals surface area contributed by atoms with Crippen LogP contribution in [0.25, 0.3) is 20.5 Å². The third kappa shape index (κ3) is 5.11. The fourth-order valence-corrected chi connectivity index (χ4v) is 5.81. The highest BCUT2D eigenvalue weighted by molar-refractivity contribution is 7.22. The summed E-state index contributed by atoms with van der Waals surface area (Å²) in [5, 5.41) is 10.3. The van der Waals surface area contributed by atoms with E-state index in [0.717, 1.165) is 30.9 Å². The van der Waals surface area contributed by atoms with Crippen LogP contribution < -0.4 is 4.74 Å². The number of likely N-dealkylation sites (tertiary alicyclic amines) is 1. The van der Waals surface area contributed by atoms with Gasteiger partial charge in [0.05, 0.1) is 12.5 Å². The summed E-state index contributed by atoms with van der Waals surface area (Å²) in [6.07, 6.45) is 3.97. The summed E-state index contributed by atoms with van der Waals surface area (Å²) in [5.41, 5.74) is 4.93. The van der Waals surface area contributed by atoms with E-state index in [1.54, 1.807) is 0 Å². The molecule has 0 bridgehead atoms. The summed E-state index contributed by atoms with van der Waals surface area (Å²) in [7, 11) is 0. The molecule has 3 aromatic carbocycles. The molecule has 0 N–H and O–H groups in total. The molecule has 0 saturated carbocycles. The van der Waals surface area contributed by atoms with Gasteiger partial charge in [-0.15, -0.1) is 11.3 Å². The molecule has 0 radical (unpaired) electrons. The van der Waals surface area contributed by atoms with Gasteiger partial charge in [0.15, 0.2) is 0 Å². The standard InChI is InChI=1S/C29H28N2OS/c30-16-15-22-7-11-24(12-8-22)29-27(26-5-1-2-6-28(26)33-29)21-23-9-13-25(14-10-23)32-20-19-31-17-3-4-18-31/h1-2,5-14H,3-4,15,17-21H2. The van der Waals surface area contributed by atoms with Crippen molar-refractivity contribution in [2.75, 3.05) is 26.2 Å². The summed E-state index contributed by atoms with van der Waals surface area (Å²) in [4.78, 5) is 3.79. The van der Waals surface area contributed by atoms with Gasteiger partial charge in [0, 0.05) is 16.1 Å². The van der Waals surface area contributed by atoms with Crippen LogP contribution in [0, 0.1) is 11.3 Å². The molecule has 4 aromatic rings. The van der Waals surface area contributed by atoms with Crippen molar-refractivity contribution in [3.8, 4) is 22.3 Å². The Kier molecular flexibility index (Phi) is 6.71. The van der Waals surface area contributed by atoms with E-state index in [0.29, 0.717) is 6.42 Å². The van der Waals surface area contributed by atoms with E-state index in [-0.39, 0.29) is 0 Å². The zero-order valence-corrected chi connectivity index (χ0v) is 19.6. The maximum Gasteiger partial charge on any atom is 0.119 e. The van der Waals surface area contributed by atoms with Gasteiger partial charge in [0.25, 0.3) is 0 Å². The molecule has 2 heterocycles. The molecule has 4 heteroatoms. The average Bonchev–Trinajstić information content (AvgIpc) is 3.49. The quantitative estimate of drug-likeness (QED) is 0.298. The number of ether oxygens (including phenoxy) is 1. The van der Waals surface area contributed by atoms with Crippen molar-refractivity contribution in [3.05, 3.63) is 89.5 Å². The average molecular weight is 453 g/mol. The van der Waals surface area contributed by atoms with Crippen LogP contribution in [0.5, 0.6) is 5.75 Å². The van der Waals surface area contributed by atoms with Gasteiger partial charge in [0.2, 0.25) is 0 Å². The van der Waals surface area contributed by atoms with Gasteiger partial charge in [-0.05, 0) is 78.2 Å². The van der Waals surface area contributed by atoms with Gasteiger partial charge >= 0.3 is 0 Å². The van der Waals surface area contributed by atoms with Crippen molar-refractivity contribution in [1.29, 1.82) is 5.26 Å². The Morgan fingerprint density at radius 3 is 2.36 bits per heavy atom. The number of fused-ring (bicyclic) bond motifs is 1. The zero-order chi connectivity index (χ0) is 22.5. The predicted octanol–water partition coefficient (Wildman–Crippen LogP) is 6.70. The largest absolute Gasteiger partial charge is 0.492 e. The summed E-state index contributed by atoms with van der Waals surface area (Å²) in [5.74, 6) is 0.946. The van der Waals surface area contributed by atoms with Crippen molar-refractivity contribution in [2.45, 2.75) is 25.7 Å². The second-order valence-corrected chi connectivity index (χ2v) is 9.71. The van der Waals surface area contributed by atoms with Crippen LogP contribution in [0.1, 0.15) is 29.5 Å². The molecule has 3 nitrogen and oxygen atoms in total. The Hall–Kier alpha value is -3.13. The van der Waals surface area contributed by atoms with Crippen molar-refractivity contribution in [1.82, 2.24) is 4.90 Å². The van der Waals surface area contributed by atoms with Crippen molar-refractivity contribution >= 4 is 21.4 Å². The molecular weight excluding hydrogens is 424 g/mol. The van der Waals surface area contributed by atoms with Crippen LogP contribution in [0.4, 0.5) is 0 Å². The van der Waals surface area contributed by atoms with Gasteiger partial charge in [-0.1, -0.05) is 54.6 Å². The SMILES string of the molecule is N#CCc1ccc(-c2sc3ccccc3c2Cc2ccc(OCCN3CCCC3)cc2)cc1. The minimum Gasteiger partial charge on any atom is -0.492 e. The Bertz CT molecular complexity index is 1250. The maximum absolute atomic E-state index is 8.97. The van der Waals surface area contributed by atoms with E-state index in [2.05, 4.69) is 83.8 Å². The number of hydrogen-bond acceptors (Lipinski definition) is 4. The highest BCUT2D eigenvalue weighted by atomic mass is 32.1. The molecule has 1 fully saturated rings. The molecule has 0 aliphatic carbocycles. The van der Waals surface area contributed by atoms with Crippen LogP contribution >= 0.6 is 11.3 Å². The molecule has 1 aliphatic rings. The van der Waals surface area contributed by atoms with Crippen molar-refractivity contribution < 1.29 is 4.74 Å². The number of benzene rings is 3. The first-order chi connectivity index (χ1) is 16.3. The number of rotatable bonds is 8. The fourth-order valence-electron chi connectivity index (χ4n) is 4.58. The van der Waals surface area contributed by atoms with E-state index in [4.69, 9.17) is 10.00 Å². The molecular formula is C29H28N2OS. The number of hydrogen-bond donors (Lipinski definition) is 0. The lowest BCUT2D eigenvalue weighted by molar-refractivity contribution is 0.238. The summed E-state index contributed by atoms with van der Waals surface area (Å²) in [6.45, 7) is 4.18. The first-order valence-electron chi connectivity index (χ1n) is 11.7.